The third-order valence-corrected chi connectivity index (χ3v) is 6.95. The Labute approximate surface area is 224 Å². The van der Waals surface area contributed by atoms with Gasteiger partial charge in [0.25, 0.3) is 0 Å². The van der Waals surface area contributed by atoms with Crippen LogP contribution >= 0.6 is 0 Å². The van der Waals surface area contributed by atoms with Gasteiger partial charge in [-0.15, -0.1) is 0 Å². The molecule has 0 saturated carbocycles. The fraction of sp³-hybridized carbons (Fsp3) is 0.281. The van der Waals surface area contributed by atoms with E-state index in [9.17, 15) is 9.18 Å². The van der Waals surface area contributed by atoms with Crippen LogP contribution in [-0.2, 0) is 30.6 Å². The molecule has 0 spiro atoms. The number of nitrogens with zero attached hydrogens (tertiary/aromatic N) is 3. The van der Waals surface area contributed by atoms with Gasteiger partial charge in [0.05, 0.1) is 6.04 Å². The predicted octanol–water partition coefficient (Wildman–Crippen LogP) is 5.41. The van der Waals surface area contributed by atoms with E-state index in [1.54, 1.807) is 36.9 Å². The van der Waals surface area contributed by atoms with Crippen LogP contribution in [0.4, 0.5) is 4.39 Å². The molecule has 2 heterocycles. The summed E-state index contributed by atoms with van der Waals surface area (Å²) in [6.07, 6.45) is 11.1. The van der Waals surface area contributed by atoms with Crippen LogP contribution < -0.4 is 5.32 Å². The SMILES string of the molecule is CN[C@@H](Cc1ccccc1)C(=O)N(Cc1ccc(F)cc1)C(CCc1ccncc1)CCc1ccncc1. The van der Waals surface area contributed by atoms with Crippen molar-refractivity contribution in [3.8, 4) is 0 Å². The Balaban J connectivity index is 1.62. The summed E-state index contributed by atoms with van der Waals surface area (Å²) >= 11 is 0. The second-order valence-electron chi connectivity index (χ2n) is 9.57. The molecule has 4 rings (SSSR count). The number of pyridine rings is 2. The van der Waals surface area contributed by atoms with E-state index >= 15 is 0 Å². The Morgan fingerprint density at radius 3 is 1.84 bits per heavy atom. The molecule has 0 aliphatic carbocycles. The molecule has 5 nitrogen and oxygen atoms in total. The number of benzene rings is 2. The Bertz CT molecular complexity index is 1190. The lowest BCUT2D eigenvalue weighted by Gasteiger charge is -2.35. The van der Waals surface area contributed by atoms with E-state index in [0.717, 1.165) is 36.8 Å². The molecule has 2 aromatic carbocycles. The molecule has 38 heavy (non-hydrogen) atoms. The number of hydrogen-bond acceptors (Lipinski definition) is 4. The molecule has 4 aromatic rings. The summed E-state index contributed by atoms with van der Waals surface area (Å²) in [5.74, 6) is -0.231. The molecule has 2 aromatic heterocycles. The van der Waals surface area contributed by atoms with Gasteiger partial charge in [0.1, 0.15) is 5.82 Å². The van der Waals surface area contributed by atoms with Gasteiger partial charge < -0.3 is 10.2 Å². The first kappa shape index (κ1) is 27.1. The first-order valence-corrected chi connectivity index (χ1v) is 13.2. The molecular formula is C32H35FN4O. The topological polar surface area (TPSA) is 58.1 Å². The average Bonchev–Trinajstić information content (AvgIpc) is 2.97. The molecule has 0 fully saturated rings. The summed E-state index contributed by atoms with van der Waals surface area (Å²) in [4.78, 5) is 24.5. The van der Waals surface area contributed by atoms with Crippen molar-refractivity contribution in [3.63, 3.8) is 0 Å². The maximum atomic E-state index is 14.2. The number of halogens is 1. The van der Waals surface area contributed by atoms with Crippen molar-refractivity contribution in [1.82, 2.24) is 20.2 Å². The van der Waals surface area contributed by atoms with Gasteiger partial charge in [-0.2, -0.15) is 0 Å². The highest BCUT2D eigenvalue weighted by molar-refractivity contribution is 5.82. The molecule has 1 N–H and O–H groups in total. The van der Waals surface area contributed by atoms with E-state index in [4.69, 9.17) is 0 Å². The van der Waals surface area contributed by atoms with Crippen LogP contribution in [0.15, 0.2) is 104 Å². The molecule has 0 aliphatic rings. The second kappa shape index (κ2) is 14.1. The number of hydrogen-bond donors (Lipinski definition) is 1. The fourth-order valence-corrected chi connectivity index (χ4v) is 4.76. The summed E-state index contributed by atoms with van der Waals surface area (Å²) < 4.78 is 13.7. The molecule has 6 heteroatoms. The largest absolute Gasteiger partial charge is 0.334 e. The molecule has 0 aliphatic heterocycles. The Kier molecular flexibility index (Phi) is 10.1. The monoisotopic (exact) mass is 510 g/mol. The van der Waals surface area contributed by atoms with Crippen LogP contribution in [0, 0.1) is 5.82 Å². The molecule has 0 unspecified atom stereocenters. The highest BCUT2D eigenvalue weighted by Crippen LogP contribution is 2.21. The first-order valence-electron chi connectivity index (χ1n) is 13.2. The number of aromatic nitrogens is 2. The van der Waals surface area contributed by atoms with Crippen molar-refractivity contribution >= 4 is 5.91 Å². The summed E-state index contributed by atoms with van der Waals surface area (Å²) in [5, 5.41) is 3.26. The molecule has 1 atom stereocenters. The van der Waals surface area contributed by atoms with E-state index in [-0.39, 0.29) is 23.8 Å². The Morgan fingerprint density at radius 2 is 1.32 bits per heavy atom. The molecule has 0 saturated heterocycles. The van der Waals surface area contributed by atoms with Crippen molar-refractivity contribution < 1.29 is 9.18 Å². The lowest BCUT2D eigenvalue weighted by Crippen LogP contribution is -2.50. The zero-order valence-corrected chi connectivity index (χ0v) is 21.8. The van der Waals surface area contributed by atoms with Gasteiger partial charge in [-0.05, 0) is 97.8 Å². The normalized spacial score (nSPS) is 11.9. The number of carbonyl (C=O) groups excluding carboxylic acids is 1. The average molecular weight is 511 g/mol. The van der Waals surface area contributed by atoms with Crippen LogP contribution in [-0.4, -0.2) is 39.9 Å². The summed E-state index contributed by atoms with van der Waals surface area (Å²) in [7, 11) is 1.84. The maximum absolute atomic E-state index is 14.2. The van der Waals surface area contributed by atoms with Gasteiger partial charge in [-0.3, -0.25) is 14.8 Å². The van der Waals surface area contributed by atoms with E-state index in [2.05, 4.69) is 15.3 Å². The highest BCUT2D eigenvalue weighted by Gasteiger charge is 2.29. The van der Waals surface area contributed by atoms with Crippen molar-refractivity contribution in [2.45, 2.75) is 50.7 Å². The van der Waals surface area contributed by atoms with E-state index in [1.807, 2.05) is 66.5 Å². The third-order valence-electron chi connectivity index (χ3n) is 6.95. The van der Waals surface area contributed by atoms with Gasteiger partial charge >= 0.3 is 0 Å². The summed E-state index contributed by atoms with van der Waals surface area (Å²) in [6.45, 7) is 0.420. The van der Waals surface area contributed by atoms with Crippen molar-refractivity contribution in [3.05, 3.63) is 132 Å². The number of nitrogens with one attached hydrogen (secondary N) is 1. The van der Waals surface area contributed by atoms with Crippen LogP contribution in [0.5, 0.6) is 0 Å². The summed E-state index contributed by atoms with van der Waals surface area (Å²) in [6, 6.07) is 24.2. The van der Waals surface area contributed by atoms with Crippen LogP contribution in [0.3, 0.4) is 0 Å². The van der Waals surface area contributed by atoms with Crippen molar-refractivity contribution in [1.29, 1.82) is 0 Å². The van der Waals surface area contributed by atoms with E-state index in [0.29, 0.717) is 13.0 Å². The summed E-state index contributed by atoms with van der Waals surface area (Å²) in [5.41, 5.74) is 4.40. The Hall–Kier alpha value is -3.90. The number of aryl methyl sites for hydroxylation is 2. The van der Waals surface area contributed by atoms with Gasteiger partial charge in [0, 0.05) is 37.4 Å². The second-order valence-corrected chi connectivity index (χ2v) is 9.57. The minimum absolute atomic E-state index is 0.0134. The number of rotatable bonds is 13. The lowest BCUT2D eigenvalue weighted by molar-refractivity contribution is -0.136. The molecule has 1 amide bonds. The van der Waals surface area contributed by atoms with Gasteiger partial charge in [0.2, 0.25) is 5.91 Å². The highest BCUT2D eigenvalue weighted by atomic mass is 19.1. The van der Waals surface area contributed by atoms with Gasteiger partial charge in [0.15, 0.2) is 0 Å². The van der Waals surface area contributed by atoms with Crippen LogP contribution in [0.2, 0.25) is 0 Å². The predicted molar refractivity (Wildman–Crippen MR) is 149 cm³/mol. The van der Waals surface area contributed by atoms with Gasteiger partial charge in [-0.25, -0.2) is 4.39 Å². The molecule has 0 radical (unpaired) electrons. The standard InChI is InChI=1S/C32H35FN4O/c1-34-31(23-27-5-3-2-4-6-27)32(38)37(24-28-7-11-29(33)12-8-28)30(13-9-25-15-19-35-20-16-25)14-10-26-17-21-36-22-18-26/h2-8,11-12,15-22,30-31,34H,9-10,13-14,23-24H2,1H3/t31-/m0/s1. The first-order chi connectivity index (χ1) is 18.6. The Morgan fingerprint density at radius 1 is 0.763 bits per heavy atom. The number of carbonyl (C=O) groups is 1. The zero-order chi connectivity index (χ0) is 26.6. The minimum Gasteiger partial charge on any atom is -0.334 e. The lowest BCUT2D eigenvalue weighted by atomic mass is 9.96. The van der Waals surface area contributed by atoms with E-state index < -0.39 is 0 Å². The quantitative estimate of drug-likeness (QED) is 0.261. The van der Waals surface area contributed by atoms with Crippen LogP contribution in [0.1, 0.15) is 35.1 Å². The van der Waals surface area contributed by atoms with Crippen LogP contribution in [0.25, 0.3) is 0 Å². The molecular weight excluding hydrogens is 475 g/mol. The molecule has 0 bridgehead atoms. The van der Waals surface area contributed by atoms with Crippen molar-refractivity contribution in [2.24, 2.45) is 0 Å². The third kappa shape index (κ3) is 8.05. The minimum atomic E-state index is -0.373. The van der Waals surface area contributed by atoms with Gasteiger partial charge in [-0.1, -0.05) is 42.5 Å². The number of amides is 1. The van der Waals surface area contributed by atoms with E-state index in [1.165, 1.54) is 23.3 Å². The number of likely N-dealkylation sites (N-methyl/N-ethyl adjacent to an activating group) is 1. The maximum Gasteiger partial charge on any atom is 0.240 e. The smallest absolute Gasteiger partial charge is 0.240 e. The zero-order valence-electron chi connectivity index (χ0n) is 21.8. The molecule has 196 valence electrons. The fourth-order valence-electron chi connectivity index (χ4n) is 4.76. The van der Waals surface area contributed by atoms with Crippen molar-refractivity contribution in [2.75, 3.05) is 7.05 Å².